The number of nitrogens with two attached hydrogens (primary N) is 1. The molecule has 55 heavy (non-hydrogen) atoms. The number of anilines is 1. The van der Waals surface area contributed by atoms with Gasteiger partial charge in [0.15, 0.2) is 11.7 Å². The highest BCUT2D eigenvalue weighted by molar-refractivity contribution is 6.06. The first kappa shape index (κ1) is 42.9. The molecule has 7 N–H and O–H groups in total. The van der Waals surface area contributed by atoms with E-state index in [4.69, 9.17) is 16.9 Å². The van der Waals surface area contributed by atoms with Crippen molar-refractivity contribution < 1.29 is 28.7 Å². The summed E-state index contributed by atoms with van der Waals surface area (Å²) >= 11 is 0. The average molecular weight is 752 g/mol. The second-order valence-corrected chi connectivity index (χ2v) is 12.6. The number of benzene rings is 3. The van der Waals surface area contributed by atoms with Gasteiger partial charge in [-0.15, -0.1) is 22.5 Å². The summed E-state index contributed by atoms with van der Waals surface area (Å²) in [5.41, 5.74) is 11.0. The Morgan fingerprint density at radius 2 is 1.64 bits per heavy atom. The topological polar surface area (TPSA) is 209 Å². The van der Waals surface area contributed by atoms with Gasteiger partial charge >= 0.3 is 12.1 Å². The number of hydrogen-bond acceptors (Lipinski definition) is 10. The number of likely N-dealkylation sites (N-methyl/N-ethyl adjacent to an activating group) is 1. The van der Waals surface area contributed by atoms with Crippen LogP contribution in [0.3, 0.4) is 0 Å². The number of ether oxygens (including phenoxy) is 1. The molecule has 290 valence electrons. The number of terminal acetylenes is 1. The molecule has 3 aromatic carbocycles. The van der Waals surface area contributed by atoms with Gasteiger partial charge in [0.1, 0.15) is 12.9 Å². The van der Waals surface area contributed by atoms with Crippen molar-refractivity contribution in [2.24, 2.45) is 21.9 Å². The number of nitrogens with zero attached hydrogens (tertiary/aromatic N) is 3. The predicted molar refractivity (Wildman–Crippen MR) is 211 cm³/mol. The minimum absolute atomic E-state index is 0.00250. The van der Waals surface area contributed by atoms with Crippen LogP contribution in [0.4, 0.5) is 15.3 Å². The number of carbonyl (C=O) groups is 5. The Kier molecular flexibility index (Phi) is 18.1. The molecule has 4 rings (SSSR count). The van der Waals surface area contributed by atoms with Crippen LogP contribution in [-0.4, -0.2) is 72.6 Å². The zero-order chi connectivity index (χ0) is 40.0. The maximum atomic E-state index is 12.9. The molecule has 0 spiro atoms. The van der Waals surface area contributed by atoms with Crippen LogP contribution in [0.25, 0.3) is 0 Å². The molecule has 0 saturated carbocycles. The van der Waals surface area contributed by atoms with Gasteiger partial charge in [-0.1, -0.05) is 86.6 Å². The molecule has 0 aromatic heterocycles. The third kappa shape index (κ3) is 15.2. The predicted octanol–water partition coefficient (Wildman–Crippen LogP) is 3.86. The number of rotatable bonds is 17. The smallest absolute Gasteiger partial charge is 0.435 e. The first-order chi connectivity index (χ1) is 26.5. The second-order valence-electron chi connectivity index (χ2n) is 12.6. The van der Waals surface area contributed by atoms with Crippen LogP contribution >= 0.6 is 0 Å². The monoisotopic (exact) mass is 751 g/mol. The van der Waals surface area contributed by atoms with E-state index in [1.54, 1.807) is 31.3 Å². The molecule has 1 aliphatic rings. The summed E-state index contributed by atoms with van der Waals surface area (Å²) in [5.74, 6) is 3.08. The SMILES string of the molecule is C#CCCC1=NN=C(c2ccccc2)NN1C(=O)OCc1ccc(NC(=O)C(CCCNC(N)=O)NC)cc1.CC(C)C(C=O)NC(=O)Cc1ccccc1. The van der Waals surface area contributed by atoms with Crippen LogP contribution in [-0.2, 0) is 32.1 Å². The molecular weight excluding hydrogens is 702 g/mol. The molecule has 3 aromatic rings. The fraction of sp³-hybridized carbons (Fsp3) is 0.325. The first-order valence-electron chi connectivity index (χ1n) is 17.8. The number of carbonyl (C=O) groups excluding carboxylic acids is 5. The van der Waals surface area contributed by atoms with Gasteiger partial charge in [0.05, 0.1) is 18.5 Å². The summed E-state index contributed by atoms with van der Waals surface area (Å²) in [5, 5.41) is 20.6. The molecule has 2 atom stereocenters. The minimum atomic E-state index is -0.658. The summed E-state index contributed by atoms with van der Waals surface area (Å²) in [6.07, 6.45) is 7.65. The maximum Gasteiger partial charge on any atom is 0.435 e. The molecule has 2 unspecified atom stereocenters. The molecule has 0 bridgehead atoms. The Morgan fingerprint density at radius 3 is 2.24 bits per heavy atom. The zero-order valence-electron chi connectivity index (χ0n) is 31.3. The molecular formula is C40H49N9O6. The largest absolute Gasteiger partial charge is 0.443 e. The zero-order valence-corrected chi connectivity index (χ0v) is 31.3. The lowest BCUT2D eigenvalue weighted by molar-refractivity contribution is -0.124. The number of primary amides is 1. The lowest BCUT2D eigenvalue weighted by Gasteiger charge is -2.27. The number of hydrogen-bond donors (Lipinski definition) is 6. The standard InChI is InChI=1S/C27H32N8O4.C13H17NO2/c1-3-4-12-23-32-33-24(20-9-6-5-7-10-20)34-35(23)27(38)39-18-19-13-15-21(16-14-19)31-25(36)22(29-2)11-8-17-30-26(28)37;1-10(2)12(9-15)14-13(16)8-11-6-4-3-5-7-11/h1,5-7,9-10,13-16,22,29H,4,8,11-12,17-18H2,2H3,(H,31,36)(H,33,34)(H3,28,30,37);3-7,9-10,12H,8H2,1-2H3,(H,14,16). The van der Waals surface area contributed by atoms with Gasteiger partial charge in [-0.05, 0) is 49.1 Å². The summed E-state index contributed by atoms with van der Waals surface area (Å²) in [6, 6.07) is 24.3. The van der Waals surface area contributed by atoms with Crippen molar-refractivity contribution in [1.82, 2.24) is 26.4 Å². The third-order valence-electron chi connectivity index (χ3n) is 8.08. The van der Waals surface area contributed by atoms with Crippen LogP contribution in [0.5, 0.6) is 0 Å². The van der Waals surface area contributed by atoms with Crippen molar-refractivity contribution in [3.05, 3.63) is 102 Å². The van der Waals surface area contributed by atoms with Crippen molar-refractivity contribution in [3.63, 3.8) is 0 Å². The van der Waals surface area contributed by atoms with Crippen LogP contribution in [0, 0.1) is 18.3 Å². The van der Waals surface area contributed by atoms with E-state index in [0.717, 1.165) is 23.0 Å². The molecule has 15 nitrogen and oxygen atoms in total. The highest BCUT2D eigenvalue weighted by Crippen LogP contribution is 2.14. The van der Waals surface area contributed by atoms with E-state index in [9.17, 15) is 24.0 Å². The van der Waals surface area contributed by atoms with E-state index in [0.29, 0.717) is 56.0 Å². The first-order valence-corrected chi connectivity index (χ1v) is 17.8. The van der Waals surface area contributed by atoms with Gasteiger partial charge in [-0.25, -0.2) is 9.59 Å². The summed E-state index contributed by atoms with van der Waals surface area (Å²) in [6.45, 7) is 4.19. The molecule has 1 aliphatic heterocycles. The number of amides is 5. The summed E-state index contributed by atoms with van der Waals surface area (Å²) in [7, 11) is 1.69. The number of urea groups is 1. The third-order valence-corrected chi connectivity index (χ3v) is 8.08. The molecule has 0 aliphatic carbocycles. The highest BCUT2D eigenvalue weighted by atomic mass is 16.6. The summed E-state index contributed by atoms with van der Waals surface area (Å²) < 4.78 is 5.51. The van der Waals surface area contributed by atoms with Crippen molar-refractivity contribution in [1.29, 1.82) is 0 Å². The molecule has 0 fully saturated rings. The van der Waals surface area contributed by atoms with E-state index in [1.165, 1.54) is 5.01 Å². The van der Waals surface area contributed by atoms with Gasteiger partial charge in [0, 0.05) is 30.6 Å². The quantitative estimate of drug-likeness (QED) is 0.0677. The van der Waals surface area contributed by atoms with Crippen molar-refractivity contribution in [3.8, 4) is 12.3 Å². The van der Waals surface area contributed by atoms with Crippen LogP contribution in [0.15, 0.2) is 95.1 Å². The second kappa shape index (κ2) is 23.2. The summed E-state index contributed by atoms with van der Waals surface area (Å²) in [4.78, 5) is 58.6. The van der Waals surface area contributed by atoms with Crippen LogP contribution < -0.4 is 32.4 Å². The van der Waals surface area contributed by atoms with Gasteiger partial charge in [-0.2, -0.15) is 5.01 Å². The van der Waals surface area contributed by atoms with Crippen LogP contribution in [0.2, 0.25) is 0 Å². The molecule has 1 heterocycles. The Bertz CT molecular complexity index is 1810. The van der Waals surface area contributed by atoms with Crippen molar-refractivity contribution in [2.75, 3.05) is 18.9 Å². The Morgan fingerprint density at radius 1 is 0.964 bits per heavy atom. The number of amidine groups is 2. The van der Waals surface area contributed by atoms with E-state index in [2.05, 4.69) is 42.8 Å². The lowest BCUT2D eigenvalue weighted by atomic mass is 10.1. The fourth-order valence-corrected chi connectivity index (χ4v) is 4.98. The molecule has 0 saturated heterocycles. The van der Waals surface area contributed by atoms with E-state index < -0.39 is 24.2 Å². The van der Waals surface area contributed by atoms with Gasteiger partial charge in [-0.3, -0.25) is 15.0 Å². The Labute approximate surface area is 321 Å². The Hall–Kier alpha value is -6.53. The molecule has 0 radical (unpaired) electrons. The average Bonchev–Trinajstić information content (AvgIpc) is 3.19. The number of aldehydes is 1. The van der Waals surface area contributed by atoms with Crippen molar-refractivity contribution >= 4 is 47.6 Å². The Balaban J connectivity index is 0.000000424. The number of nitrogens with one attached hydrogen (secondary N) is 5. The fourth-order valence-electron chi connectivity index (χ4n) is 4.98. The molecule has 15 heteroatoms. The van der Waals surface area contributed by atoms with Gasteiger partial charge < -0.3 is 36.5 Å². The van der Waals surface area contributed by atoms with E-state index >= 15 is 0 Å². The minimum Gasteiger partial charge on any atom is -0.443 e. The van der Waals surface area contributed by atoms with E-state index in [-0.39, 0.29) is 24.3 Å². The lowest BCUT2D eigenvalue weighted by Crippen LogP contribution is -2.52. The number of hydrazine groups is 1. The molecule has 5 amide bonds. The maximum absolute atomic E-state index is 12.9. The van der Waals surface area contributed by atoms with Gasteiger partial charge in [0.25, 0.3) is 0 Å². The normalized spacial score (nSPS) is 12.9. The van der Waals surface area contributed by atoms with Gasteiger partial charge in [0.2, 0.25) is 11.8 Å². The highest BCUT2D eigenvalue weighted by Gasteiger charge is 2.26. The van der Waals surface area contributed by atoms with E-state index in [1.807, 2.05) is 74.5 Å². The van der Waals surface area contributed by atoms with Crippen molar-refractivity contribution in [2.45, 2.75) is 64.6 Å². The van der Waals surface area contributed by atoms with Crippen LogP contribution in [0.1, 0.15) is 56.2 Å².